The van der Waals surface area contributed by atoms with Gasteiger partial charge in [-0.2, -0.15) is 0 Å². The highest BCUT2D eigenvalue weighted by molar-refractivity contribution is 5.19. The van der Waals surface area contributed by atoms with Gasteiger partial charge in [-0.25, -0.2) is 0 Å². The molecule has 0 radical (unpaired) electrons. The van der Waals surface area contributed by atoms with Crippen molar-refractivity contribution in [1.29, 1.82) is 0 Å². The van der Waals surface area contributed by atoms with Gasteiger partial charge in [0.2, 0.25) is 0 Å². The average Bonchev–Trinajstić information content (AvgIpc) is 2.45. The fourth-order valence-electron chi connectivity index (χ4n) is 3.18. The Kier molecular flexibility index (Phi) is 5.83. The summed E-state index contributed by atoms with van der Waals surface area (Å²) in [5.74, 6) is 0.840. The highest BCUT2D eigenvalue weighted by atomic mass is 15.1. The van der Waals surface area contributed by atoms with E-state index in [4.69, 9.17) is 0 Å². The largest absolute Gasteiger partial charge is 0.310 e. The maximum Gasteiger partial charge on any atom is 0.0325 e. The van der Waals surface area contributed by atoms with Crippen molar-refractivity contribution in [3.05, 3.63) is 35.9 Å². The minimum Gasteiger partial charge on any atom is -0.310 e. The van der Waals surface area contributed by atoms with Crippen LogP contribution in [-0.2, 0) is 0 Å². The SMILES string of the molecule is CN1CCC(CNC(CC(C)(C)C)c2ccccc2)CC1. The molecule has 1 aromatic rings. The van der Waals surface area contributed by atoms with E-state index in [1.807, 2.05) is 0 Å². The second kappa shape index (κ2) is 7.42. The van der Waals surface area contributed by atoms with Crippen molar-refractivity contribution < 1.29 is 0 Å². The van der Waals surface area contributed by atoms with E-state index in [-0.39, 0.29) is 0 Å². The van der Waals surface area contributed by atoms with Crippen LogP contribution in [0.25, 0.3) is 0 Å². The van der Waals surface area contributed by atoms with Crippen molar-refractivity contribution in [2.75, 3.05) is 26.7 Å². The quantitative estimate of drug-likeness (QED) is 0.877. The lowest BCUT2D eigenvalue weighted by atomic mass is 9.85. The second-order valence-corrected chi connectivity index (χ2v) is 7.88. The number of nitrogens with zero attached hydrogens (tertiary/aromatic N) is 1. The smallest absolute Gasteiger partial charge is 0.0325 e. The van der Waals surface area contributed by atoms with Gasteiger partial charge in [0.15, 0.2) is 0 Å². The minimum atomic E-state index is 0.348. The number of likely N-dealkylation sites (tertiary alicyclic amines) is 1. The molecule has 1 fully saturated rings. The first-order valence-corrected chi connectivity index (χ1v) is 8.41. The van der Waals surface area contributed by atoms with Crippen LogP contribution < -0.4 is 5.32 Å². The van der Waals surface area contributed by atoms with Gasteiger partial charge in [0.05, 0.1) is 0 Å². The summed E-state index contributed by atoms with van der Waals surface area (Å²) in [5.41, 5.74) is 1.78. The summed E-state index contributed by atoms with van der Waals surface area (Å²) in [6.45, 7) is 10.7. The van der Waals surface area contributed by atoms with E-state index in [9.17, 15) is 0 Å². The summed E-state index contributed by atoms with van der Waals surface area (Å²) in [4.78, 5) is 2.44. The lowest BCUT2D eigenvalue weighted by molar-refractivity contribution is 0.207. The molecular weight excluding hydrogens is 256 g/mol. The van der Waals surface area contributed by atoms with E-state index >= 15 is 0 Å². The molecule has 0 aliphatic carbocycles. The summed E-state index contributed by atoms with van der Waals surface area (Å²) < 4.78 is 0. The van der Waals surface area contributed by atoms with Gasteiger partial charge in [0.25, 0.3) is 0 Å². The number of nitrogens with one attached hydrogen (secondary N) is 1. The van der Waals surface area contributed by atoms with Crippen molar-refractivity contribution in [2.45, 2.75) is 46.1 Å². The Balaban J connectivity index is 1.93. The predicted molar refractivity (Wildman–Crippen MR) is 91.5 cm³/mol. The van der Waals surface area contributed by atoms with Crippen LogP contribution in [0.3, 0.4) is 0 Å². The summed E-state index contributed by atoms with van der Waals surface area (Å²) in [5, 5.41) is 3.86. The van der Waals surface area contributed by atoms with Gasteiger partial charge >= 0.3 is 0 Å². The molecule has 1 unspecified atom stereocenters. The number of hydrogen-bond donors (Lipinski definition) is 1. The fraction of sp³-hybridized carbons (Fsp3) is 0.684. The lowest BCUT2D eigenvalue weighted by Gasteiger charge is -2.32. The lowest BCUT2D eigenvalue weighted by Crippen LogP contribution is -2.36. The molecule has 0 saturated carbocycles. The zero-order valence-electron chi connectivity index (χ0n) is 14.2. The Hall–Kier alpha value is -0.860. The molecule has 1 aromatic carbocycles. The molecule has 0 bridgehead atoms. The molecule has 21 heavy (non-hydrogen) atoms. The Morgan fingerprint density at radius 1 is 1.14 bits per heavy atom. The molecule has 0 amide bonds. The molecule has 1 aliphatic rings. The fourth-order valence-corrected chi connectivity index (χ4v) is 3.18. The van der Waals surface area contributed by atoms with E-state index in [0.717, 1.165) is 12.5 Å². The second-order valence-electron chi connectivity index (χ2n) is 7.88. The van der Waals surface area contributed by atoms with Crippen LogP contribution in [0.4, 0.5) is 0 Å². The van der Waals surface area contributed by atoms with Gasteiger partial charge < -0.3 is 10.2 Å². The molecule has 118 valence electrons. The van der Waals surface area contributed by atoms with E-state index in [1.54, 1.807) is 0 Å². The van der Waals surface area contributed by atoms with Gasteiger partial charge in [0, 0.05) is 6.04 Å². The molecule has 0 spiro atoms. The van der Waals surface area contributed by atoms with Gasteiger partial charge in [-0.15, -0.1) is 0 Å². The Labute approximate surface area is 130 Å². The number of rotatable bonds is 5. The first kappa shape index (κ1) is 16.5. The maximum atomic E-state index is 3.86. The van der Waals surface area contributed by atoms with Crippen LogP contribution in [0.15, 0.2) is 30.3 Å². The van der Waals surface area contributed by atoms with Crippen LogP contribution in [0.2, 0.25) is 0 Å². The molecule has 2 rings (SSSR count). The number of piperidine rings is 1. The molecule has 1 atom stereocenters. The third-order valence-electron chi connectivity index (χ3n) is 4.51. The van der Waals surface area contributed by atoms with Crippen molar-refractivity contribution in [2.24, 2.45) is 11.3 Å². The predicted octanol–water partition coefficient (Wildman–Crippen LogP) is 4.10. The molecule has 0 aromatic heterocycles. The van der Waals surface area contributed by atoms with Gasteiger partial charge in [0.1, 0.15) is 0 Å². The van der Waals surface area contributed by atoms with Gasteiger partial charge in [-0.3, -0.25) is 0 Å². The summed E-state index contributed by atoms with van der Waals surface area (Å²) in [7, 11) is 2.23. The average molecular weight is 288 g/mol. The topological polar surface area (TPSA) is 15.3 Å². The first-order chi connectivity index (χ1) is 9.94. The summed E-state index contributed by atoms with van der Waals surface area (Å²) in [6.07, 6.45) is 3.85. The molecule has 2 nitrogen and oxygen atoms in total. The first-order valence-electron chi connectivity index (χ1n) is 8.41. The molecule has 1 aliphatic heterocycles. The van der Waals surface area contributed by atoms with Crippen LogP contribution in [0, 0.1) is 11.3 Å². The molecule has 1 heterocycles. The summed E-state index contributed by atoms with van der Waals surface area (Å²) in [6, 6.07) is 11.4. The number of benzene rings is 1. The highest BCUT2D eigenvalue weighted by Crippen LogP contribution is 2.29. The molecule has 1 saturated heterocycles. The van der Waals surface area contributed by atoms with E-state index in [2.05, 4.69) is 68.4 Å². The van der Waals surface area contributed by atoms with E-state index in [1.165, 1.54) is 37.9 Å². The van der Waals surface area contributed by atoms with Gasteiger partial charge in [-0.1, -0.05) is 51.1 Å². The van der Waals surface area contributed by atoms with Crippen molar-refractivity contribution in [3.63, 3.8) is 0 Å². The highest BCUT2D eigenvalue weighted by Gasteiger charge is 2.22. The van der Waals surface area contributed by atoms with Crippen molar-refractivity contribution in [1.82, 2.24) is 10.2 Å². The third kappa shape index (κ3) is 5.80. The van der Waals surface area contributed by atoms with Crippen LogP contribution >= 0.6 is 0 Å². The van der Waals surface area contributed by atoms with E-state index < -0.39 is 0 Å². The van der Waals surface area contributed by atoms with Gasteiger partial charge in [-0.05, 0) is 62.8 Å². The standard InChI is InChI=1S/C19H32N2/c1-19(2,3)14-18(17-8-6-5-7-9-17)20-15-16-10-12-21(4)13-11-16/h5-9,16,18,20H,10-15H2,1-4H3. The monoisotopic (exact) mass is 288 g/mol. The minimum absolute atomic E-state index is 0.348. The van der Waals surface area contributed by atoms with E-state index in [0.29, 0.717) is 11.5 Å². The zero-order valence-corrected chi connectivity index (χ0v) is 14.2. The van der Waals surface area contributed by atoms with Crippen LogP contribution in [0.1, 0.15) is 51.6 Å². The van der Waals surface area contributed by atoms with Crippen molar-refractivity contribution >= 4 is 0 Å². The Morgan fingerprint density at radius 2 is 1.76 bits per heavy atom. The summed E-state index contributed by atoms with van der Waals surface area (Å²) >= 11 is 0. The Morgan fingerprint density at radius 3 is 2.33 bits per heavy atom. The normalized spacial score (nSPS) is 19.6. The zero-order chi connectivity index (χ0) is 15.3. The molecular formula is C19H32N2. The van der Waals surface area contributed by atoms with Crippen LogP contribution in [0.5, 0.6) is 0 Å². The Bertz CT molecular complexity index is 399. The third-order valence-corrected chi connectivity index (χ3v) is 4.51. The molecule has 1 N–H and O–H groups in total. The molecule has 2 heteroatoms. The maximum absolute atomic E-state index is 3.86. The van der Waals surface area contributed by atoms with Crippen LogP contribution in [-0.4, -0.2) is 31.6 Å². The number of hydrogen-bond acceptors (Lipinski definition) is 2. The van der Waals surface area contributed by atoms with Crippen molar-refractivity contribution in [3.8, 4) is 0 Å².